The molecular formula is C18H22N4O5S. The van der Waals surface area contributed by atoms with Crippen molar-refractivity contribution in [3.63, 3.8) is 0 Å². The summed E-state index contributed by atoms with van der Waals surface area (Å²) < 4.78 is 38.3. The molecule has 2 heterocycles. The molecule has 1 aliphatic carbocycles. The van der Waals surface area contributed by atoms with E-state index in [2.05, 4.69) is 16.4 Å². The molecule has 1 saturated heterocycles. The summed E-state index contributed by atoms with van der Waals surface area (Å²) in [5, 5.41) is 3.14. The summed E-state index contributed by atoms with van der Waals surface area (Å²) >= 11 is 0. The minimum Gasteiger partial charge on any atom is -0.431 e. The predicted octanol–water partition coefficient (Wildman–Crippen LogP) is 1.52. The molecule has 0 spiro atoms. The summed E-state index contributed by atoms with van der Waals surface area (Å²) in [6.45, 7) is 2.99. The number of hydrogen-bond acceptors (Lipinski definition) is 7. The second-order valence-electron chi connectivity index (χ2n) is 6.86. The number of carbonyl (C=O) groups excluding carboxylic acids is 1. The summed E-state index contributed by atoms with van der Waals surface area (Å²) in [5.74, 6) is -0.835. The van der Waals surface area contributed by atoms with Crippen LogP contribution in [0.5, 0.6) is 0 Å². The van der Waals surface area contributed by atoms with Gasteiger partial charge in [0.15, 0.2) is 5.69 Å². The molecular weight excluding hydrogens is 384 g/mol. The maximum Gasteiger partial charge on any atom is 0.304 e. The molecule has 0 unspecified atom stereocenters. The average Bonchev–Trinajstić information content (AvgIpc) is 3.34. The molecule has 1 amide bonds. The smallest absolute Gasteiger partial charge is 0.304 e. The zero-order valence-corrected chi connectivity index (χ0v) is 16.3. The summed E-state index contributed by atoms with van der Waals surface area (Å²) in [7, 11) is -3.94. The third kappa shape index (κ3) is 3.75. The molecule has 0 radical (unpaired) electrons. The van der Waals surface area contributed by atoms with E-state index < -0.39 is 16.1 Å². The molecule has 4 rings (SSSR count). The predicted molar refractivity (Wildman–Crippen MR) is 102 cm³/mol. The van der Waals surface area contributed by atoms with Crippen molar-refractivity contribution >= 4 is 27.8 Å². The molecule has 10 heteroatoms. The van der Waals surface area contributed by atoms with Gasteiger partial charge >= 0.3 is 10.2 Å². The number of benzene rings is 1. The van der Waals surface area contributed by atoms with Crippen LogP contribution in [-0.2, 0) is 27.8 Å². The van der Waals surface area contributed by atoms with Crippen molar-refractivity contribution in [2.24, 2.45) is 0 Å². The van der Waals surface area contributed by atoms with Crippen LogP contribution in [-0.4, -0.2) is 49.9 Å². The largest absolute Gasteiger partial charge is 0.431 e. The van der Waals surface area contributed by atoms with Crippen LogP contribution in [0.1, 0.15) is 33.6 Å². The van der Waals surface area contributed by atoms with Gasteiger partial charge in [-0.25, -0.2) is 4.72 Å². The fraction of sp³-hybridized carbons (Fsp3) is 0.444. The fourth-order valence-corrected chi connectivity index (χ4v) is 4.62. The van der Waals surface area contributed by atoms with Crippen molar-refractivity contribution in [3.8, 4) is 0 Å². The Morgan fingerprint density at radius 1 is 1.21 bits per heavy atom. The zero-order chi connectivity index (χ0) is 19.7. The van der Waals surface area contributed by atoms with Gasteiger partial charge < -0.3 is 14.5 Å². The van der Waals surface area contributed by atoms with Crippen molar-refractivity contribution < 1.29 is 22.4 Å². The van der Waals surface area contributed by atoms with Crippen molar-refractivity contribution in [2.45, 2.75) is 26.2 Å². The van der Waals surface area contributed by atoms with E-state index in [1.54, 1.807) is 0 Å². The Hall–Kier alpha value is -2.43. The maximum absolute atomic E-state index is 12.3. The van der Waals surface area contributed by atoms with Crippen LogP contribution in [0.25, 0.3) is 0 Å². The normalized spacial score (nSPS) is 17.3. The van der Waals surface area contributed by atoms with Crippen molar-refractivity contribution in [3.05, 3.63) is 40.8 Å². The van der Waals surface area contributed by atoms with Crippen LogP contribution < -0.4 is 10.0 Å². The van der Waals surface area contributed by atoms with Crippen LogP contribution in [0.4, 0.5) is 11.7 Å². The molecule has 9 nitrogen and oxygen atoms in total. The quantitative estimate of drug-likeness (QED) is 0.774. The number of nitrogens with one attached hydrogen (secondary N) is 2. The topological polar surface area (TPSA) is 114 Å². The van der Waals surface area contributed by atoms with E-state index in [-0.39, 0.29) is 24.8 Å². The number of ether oxygens (including phenoxy) is 1. The number of anilines is 2. The highest BCUT2D eigenvalue weighted by atomic mass is 32.2. The van der Waals surface area contributed by atoms with Crippen LogP contribution >= 0.6 is 0 Å². The Balaban J connectivity index is 1.48. The standard InChI is InChI=1S/C18H22N4O5S/c1-12-5-6-13-3-2-4-14(13)16(12)20-18-19-15(11-27-18)17(23)21-28(24,25)22-7-9-26-10-8-22/h5-6,11H,2-4,7-10H2,1H3,(H,19,20)(H,21,23). The van der Waals surface area contributed by atoms with Gasteiger partial charge in [0.05, 0.1) is 13.2 Å². The van der Waals surface area contributed by atoms with E-state index >= 15 is 0 Å². The second-order valence-corrected chi connectivity index (χ2v) is 8.53. The first-order chi connectivity index (χ1) is 13.4. The number of morpholine rings is 1. The maximum atomic E-state index is 12.3. The third-order valence-corrected chi connectivity index (χ3v) is 6.48. The number of hydrogen-bond donors (Lipinski definition) is 2. The number of carbonyl (C=O) groups is 1. The second kappa shape index (κ2) is 7.53. The summed E-state index contributed by atoms with van der Waals surface area (Å²) in [4.78, 5) is 16.4. The lowest BCUT2D eigenvalue weighted by molar-refractivity contribution is 0.0718. The minimum absolute atomic E-state index is 0.107. The van der Waals surface area contributed by atoms with E-state index in [0.29, 0.717) is 13.2 Å². The van der Waals surface area contributed by atoms with E-state index in [0.717, 1.165) is 36.8 Å². The number of fused-ring (bicyclic) bond motifs is 1. The molecule has 1 fully saturated rings. The van der Waals surface area contributed by atoms with E-state index in [1.807, 2.05) is 17.7 Å². The number of aromatic nitrogens is 1. The monoisotopic (exact) mass is 406 g/mol. The molecule has 0 bridgehead atoms. The Kier molecular flexibility index (Phi) is 5.09. The van der Waals surface area contributed by atoms with Crippen LogP contribution in [0.2, 0.25) is 0 Å². The number of nitrogens with zero attached hydrogens (tertiary/aromatic N) is 2. The van der Waals surface area contributed by atoms with Gasteiger partial charge in [0.1, 0.15) is 6.26 Å². The van der Waals surface area contributed by atoms with Gasteiger partial charge in [-0.2, -0.15) is 17.7 Å². The molecule has 2 aromatic rings. The van der Waals surface area contributed by atoms with Gasteiger partial charge in [-0.1, -0.05) is 12.1 Å². The third-order valence-electron chi connectivity index (χ3n) is 4.99. The number of oxazole rings is 1. The Labute approximate surface area is 163 Å². The Morgan fingerprint density at radius 3 is 2.79 bits per heavy atom. The molecule has 28 heavy (non-hydrogen) atoms. The first-order valence-electron chi connectivity index (χ1n) is 9.18. The highest BCUT2D eigenvalue weighted by molar-refractivity contribution is 7.87. The summed E-state index contributed by atoms with van der Waals surface area (Å²) in [5.41, 5.74) is 4.42. The number of aryl methyl sites for hydroxylation is 2. The van der Waals surface area contributed by atoms with Crippen molar-refractivity contribution in [1.82, 2.24) is 14.0 Å². The lowest BCUT2D eigenvalue weighted by atomic mass is 10.0. The molecule has 150 valence electrons. The Morgan fingerprint density at radius 2 is 2.00 bits per heavy atom. The van der Waals surface area contributed by atoms with Gasteiger partial charge in [0.25, 0.3) is 11.9 Å². The molecule has 2 N–H and O–H groups in total. The molecule has 0 atom stereocenters. The molecule has 0 saturated carbocycles. The van der Waals surface area contributed by atoms with Crippen LogP contribution in [0, 0.1) is 6.92 Å². The van der Waals surface area contributed by atoms with Crippen molar-refractivity contribution in [2.75, 3.05) is 31.6 Å². The number of amides is 1. The van der Waals surface area contributed by atoms with Gasteiger partial charge in [0, 0.05) is 18.8 Å². The zero-order valence-electron chi connectivity index (χ0n) is 15.5. The SMILES string of the molecule is Cc1ccc2c(c1Nc1nc(C(=O)NS(=O)(=O)N3CCOCC3)co1)CCC2. The van der Waals surface area contributed by atoms with Crippen LogP contribution in [0.3, 0.4) is 0 Å². The van der Waals surface area contributed by atoms with E-state index in [4.69, 9.17) is 9.15 Å². The Bertz CT molecular complexity index is 995. The van der Waals surface area contributed by atoms with Crippen LogP contribution in [0.15, 0.2) is 22.8 Å². The molecule has 2 aliphatic rings. The van der Waals surface area contributed by atoms with Gasteiger partial charge in [-0.3, -0.25) is 4.79 Å². The molecule has 1 aromatic heterocycles. The number of rotatable bonds is 5. The van der Waals surface area contributed by atoms with E-state index in [1.165, 1.54) is 15.4 Å². The summed E-state index contributed by atoms with van der Waals surface area (Å²) in [6.07, 6.45) is 4.27. The van der Waals surface area contributed by atoms with Gasteiger partial charge in [0.2, 0.25) is 0 Å². The highest BCUT2D eigenvalue weighted by Gasteiger charge is 2.28. The lowest BCUT2D eigenvalue weighted by Gasteiger charge is -2.25. The van der Waals surface area contributed by atoms with Crippen molar-refractivity contribution in [1.29, 1.82) is 0 Å². The first-order valence-corrected chi connectivity index (χ1v) is 10.6. The van der Waals surface area contributed by atoms with Gasteiger partial charge in [-0.05, 0) is 42.9 Å². The highest BCUT2D eigenvalue weighted by Crippen LogP contribution is 2.33. The first kappa shape index (κ1) is 18.9. The summed E-state index contributed by atoms with van der Waals surface area (Å²) in [6, 6.07) is 4.32. The van der Waals surface area contributed by atoms with Gasteiger partial charge in [-0.15, -0.1) is 0 Å². The minimum atomic E-state index is -3.94. The average molecular weight is 406 g/mol. The molecule has 1 aliphatic heterocycles. The lowest BCUT2D eigenvalue weighted by Crippen LogP contribution is -2.48. The fourth-order valence-electron chi connectivity index (χ4n) is 3.52. The van der Waals surface area contributed by atoms with E-state index in [9.17, 15) is 13.2 Å². The molecule has 1 aromatic carbocycles.